The van der Waals surface area contributed by atoms with E-state index in [0.717, 1.165) is 6.39 Å². The van der Waals surface area contributed by atoms with Crippen molar-refractivity contribution >= 4 is 17.8 Å². The Morgan fingerprint density at radius 2 is 1.70 bits per heavy atom. The molecular formula is C16H14N2O5. The Labute approximate surface area is 131 Å². The highest BCUT2D eigenvalue weighted by atomic mass is 16.7. The molecule has 0 saturated carbocycles. The quantitative estimate of drug-likeness (QED) is 0.790. The molecule has 0 radical (unpaired) electrons. The summed E-state index contributed by atoms with van der Waals surface area (Å²) in [5.74, 6) is -1.96. The largest absolute Gasteiger partial charge is 0.447 e. The van der Waals surface area contributed by atoms with Crippen LogP contribution in [0.4, 0.5) is 0 Å². The van der Waals surface area contributed by atoms with Gasteiger partial charge in [-0.25, -0.2) is 9.78 Å². The average molecular weight is 314 g/mol. The fourth-order valence-electron chi connectivity index (χ4n) is 2.30. The number of nitrogens with zero attached hydrogens (tertiary/aromatic N) is 2. The third-order valence-electron chi connectivity index (χ3n) is 3.37. The molecule has 1 aromatic carbocycles. The summed E-state index contributed by atoms with van der Waals surface area (Å²) in [4.78, 5) is 45.4. The Balaban J connectivity index is 1.87. The molecule has 2 heterocycles. The van der Waals surface area contributed by atoms with Crippen LogP contribution in [0.1, 0.15) is 57.7 Å². The lowest BCUT2D eigenvalue weighted by atomic mass is 9.92. The van der Waals surface area contributed by atoms with Gasteiger partial charge in [0.2, 0.25) is 0 Å². The second-order valence-electron chi connectivity index (χ2n) is 6.11. The first kappa shape index (κ1) is 15.0. The van der Waals surface area contributed by atoms with E-state index < -0.39 is 23.2 Å². The number of benzene rings is 1. The highest BCUT2D eigenvalue weighted by molar-refractivity contribution is 6.21. The van der Waals surface area contributed by atoms with Crippen molar-refractivity contribution < 1.29 is 23.6 Å². The summed E-state index contributed by atoms with van der Waals surface area (Å²) < 4.78 is 5.23. The van der Waals surface area contributed by atoms with Crippen LogP contribution >= 0.6 is 0 Å². The van der Waals surface area contributed by atoms with Gasteiger partial charge in [0.1, 0.15) is 5.76 Å². The molecular weight excluding hydrogens is 300 g/mol. The lowest BCUT2D eigenvalue weighted by Crippen LogP contribution is -2.33. The number of imide groups is 1. The van der Waals surface area contributed by atoms with E-state index in [1.165, 1.54) is 12.1 Å². The molecule has 3 rings (SSSR count). The zero-order valence-electron chi connectivity index (χ0n) is 12.8. The second kappa shape index (κ2) is 5.05. The maximum absolute atomic E-state index is 12.3. The van der Waals surface area contributed by atoms with E-state index in [4.69, 9.17) is 9.25 Å². The summed E-state index contributed by atoms with van der Waals surface area (Å²) in [7, 11) is 0. The minimum absolute atomic E-state index is 0.0611. The maximum Gasteiger partial charge on any atom is 0.385 e. The number of aromatic nitrogens is 1. The second-order valence-corrected chi connectivity index (χ2v) is 6.11. The number of oxazole rings is 1. The first-order chi connectivity index (χ1) is 10.8. The van der Waals surface area contributed by atoms with Crippen LogP contribution in [0.2, 0.25) is 0 Å². The first-order valence-corrected chi connectivity index (χ1v) is 6.95. The van der Waals surface area contributed by atoms with Gasteiger partial charge in [0.15, 0.2) is 12.1 Å². The Bertz CT molecular complexity index is 781. The van der Waals surface area contributed by atoms with Crippen LogP contribution in [0.25, 0.3) is 0 Å². The van der Waals surface area contributed by atoms with E-state index in [0.29, 0.717) is 10.8 Å². The Morgan fingerprint density at radius 1 is 1.13 bits per heavy atom. The van der Waals surface area contributed by atoms with Crippen molar-refractivity contribution in [1.82, 2.24) is 10.0 Å². The van der Waals surface area contributed by atoms with Gasteiger partial charge in [-0.15, -0.1) is 0 Å². The predicted molar refractivity (Wildman–Crippen MR) is 77.6 cm³/mol. The summed E-state index contributed by atoms with van der Waals surface area (Å²) >= 11 is 0. The van der Waals surface area contributed by atoms with E-state index in [9.17, 15) is 14.4 Å². The molecule has 0 saturated heterocycles. The van der Waals surface area contributed by atoms with E-state index in [2.05, 4.69) is 4.98 Å². The van der Waals surface area contributed by atoms with Gasteiger partial charge < -0.3 is 9.25 Å². The van der Waals surface area contributed by atoms with Crippen LogP contribution in [-0.4, -0.2) is 27.8 Å². The van der Waals surface area contributed by atoms with Gasteiger partial charge in [-0.3, -0.25) is 9.59 Å². The summed E-state index contributed by atoms with van der Waals surface area (Å²) in [6, 6.07) is 6.26. The first-order valence-electron chi connectivity index (χ1n) is 6.95. The molecule has 7 heteroatoms. The normalized spacial score (nSPS) is 14.1. The molecule has 7 nitrogen and oxygen atoms in total. The van der Waals surface area contributed by atoms with Crippen molar-refractivity contribution in [2.24, 2.45) is 0 Å². The zero-order chi connectivity index (χ0) is 16.8. The standard InChI is InChI=1S/C16H14N2O5/c1-16(2,3)12-11(17-8-22-12)15(21)23-18-13(19)9-6-4-5-7-10(9)14(18)20/h4-8H,1-3H3. The minimum atomic E-state index is -0.918. The molecule has 1 aromatic heterocycles. The summed E-state index contributed by atoms with van der Waals surface area (Å²) in [6.07, 6.45) is 1.12. The molecule has 0 atom stereocenters. The Kier molecular flexibility index (Phi) is 3.28. The maximum atomic E-state index is 12.3. The number of hydroxylamine groups is 2. The molecule has 0 N–H and O–H groups in total. The molecule has 2 amide bonds. The number of fused-ring (bicyclic) bond motifs is 1. The number of carbonyl (C=O) groups is 3. The fraction of sp³-hybridized carbons (Fsp3) is 0.250. The molecule has 118 valence electrons. The number of rotatable bonds is 2. The van der Waals surface area contributed by atoms with E-state index in [1.807, 2.05) is 20.8 Å². The van der Waals surface area contributed by atoms with Crippen LogP contribution in [0.3, 0.4) is 0 Å². The van der Waals surface area contributed by atoms with E-state index in [1.54, 1.807) is 12.1 Å². The van der Waals surface area contributed by atoms with Gasteiger partial charge >= 0.3 is 5.97 Å². The molecule has 23 heavy (non-hydrogen) atoms. The van der Waals surface area contributed by atoms with Gasteiger partial charge in [0, 0.05) is 5.41 Å². The Hall–Kier alpha value is -2.96. The van der Waals surface area contributed by atoms with E-state index >= 15 is 0 Å². The minimum Gasteiger partial charge on any atom is -0.447 e. The van der Waals surface area contributed by atoms with Crippen molar-refractivity contribution in [1.29, 1.82) is 0 Å². The SMILES string of the molecule is CC(C)(C)c1ocnc1C(=O)ON1C(=O)c2ccccc2C1=O. The summed E-state index contributed by atoms with van der Waals surface area (Å²) in [5, 5.41) is 0.452. The highest BCUT2D eigenvalue weighted by Gasteiger charge is 2.40. The van der Waals surface area contributed by atoms with Crippen molar-refractivity contribution in [3.05, 3.63) is 53.2 Å². The molecule has 2 aromatic rings. The fourth-order valence-corrected chi connectivity index (χ4v) is 2.30. The van der Waals surface area contributed by atoms with Crippen LogP contribution in [0, 0.1) is 0 Å². The van der Waals surface area contributed by atoms with Crippen LogP contribution in [-0.2, 0) is 10.3 Å². The summed E-state index contributed by atoms with van der Waals surface area (Å²) in [5.41, 5.74) is -0.149. The van der Waals surface area contributed by atoms with Gasteiger partial charge in [-0.2, -0.15) is 0 Å². The lowest BCUT2D eigenvalue weighted by molar-refractivity contribution is -0.0590. The third kappa shape index (κ3) is 2.40. The van der Waals surface area contributed by atoms with Gasteiger partial charge in [0.05, 0.1) is 11.1 Å². The number of hydrogen-bond donors (Lipinski definition) is 0. The number of amides is 2. The molecule has 0 unspecified atom stereocenters. The van der Waals surface area contributed by atoms with Crippen molar-refractivity contribution in [2.75, 3.05) is 0 Å². The number of carbonyl (C=O) groups excluding carboxylic acids is 3. The van der Waals surface area contributed by atoms with Gasteiger partial charge in [-0.05, 0) is 12.1 Å². The van der Waals surface area contributed by atoms with Crippen LogP contribution in [0.15, 0.2) is 35.1 Å². The summed E-state index contributed by atoms with van der Waals surface area (Å²) in [6.45, 7) is 5.52. The van der Waals surface area contributed by atoms with Crippen LogP contribution < -0.4 is 0 Å². The third-order valence-corrected chi connectivity index (χ3v) is 3.37. The van der Waals surface area contributed by atoms with Crippen LogP contribution in [0.5, 0.6) is 0 Å². The van der Waals surface area contributed by atoms with E-state index in [-0.39, 0.29) is 16.8 Å². The molecule has 0 fully saturated rings. The van der Waals surface area contributed by atoms with Crippen molar-refractivity contribution in [3.63, 3.8) is 0 Å². The molecule has 0 aliphatic carbocycles. The highest BCUT2D eigenvalue weighted by Crippen LogP contribution is 2.27. The monoisotopic (exact) mass is 314 g/mol. The molecule has 0 spiro atoms. The molecule has 0 bridgehead atoms. The van der Waals surface area contributed by atoms with Gasteiger partial charge in [-0.1, -0.05) is 38.0 Å². The topological polar surface area (TPSA) is 89.7 Å². The average Bonchev–Trinajstić information content (AvgIpc) is 3.08. The van der Waals surface area contributed by atoms with Crippen molar-refractivity contribution in [3.8, 4) is 0 Å². The Morgan fingerprint density at radius 3 is 2.22 bits per heavy atom. The lowest BCUT2D eigenvalue weighted by Gasteiger charge is -2.17. The van der Waals surface area contributed by atoms with Gasteiger partial charge in [0.25, 0.3) is 11.8 Å². The zero-order valence-corrected chi connectivity index (χ0v) is 12.8. The smallest absolute Gasteiger partial charge is 0.385 e. The number of hydrogen-bond acceptors (Lipinski definition) is 6. The predicted octanol–water partition coefficient (Wildman–Crippen LogP) is 2.34. The molecule has 1 aliphatic heterocycles. The van der Waals surface area contributed by atoms with Crippen molar-refractivity contribution in [2.45, 2.75) is 26.2 Å². The molecule has 1 aliphatic rings.